The van der Waals surface area contributed by atoms with Gasteiger partial charge in [0.2, 0.25) is 0 Å². The zero-order valence-electron chi connectivity index (χ0n) is 16.8. The fraction of sp³-hybridized carbons (Fsp3) is 0.120. The van der Waals surface area contributed by atoms with E-state index in [-0.39, 0.29) is 18.0 Å². The Labute approximate surface area is 179 Å². The number of allylic oxidation sites excluding steroid dienone is 1. The summed E-state index contributed by atoms with van der Waals surface area (Å²) < 4.78 is 24.6. The molecule has 0 aliphatic heterocycles. The largest absolute Gasteiger partial charge is 0.490 e. The van der Waals surface area contributed by atoms with Crippen LogP contribution in [0.5, 0.6) is 11.5 Å². The van der Waals surface area contributed by atoms with Gasteiger partial charge in [-0.05, 0) is 66.1 Å². The van der Waals surface area contributed by atoms with Crippen LogP contribution in [0.15, 0.2) is 66.7 Å². The number of hydrogen-bond acceptors (Lipinski definition) is 4. The van der Waals surface area contributed by atoms with Gasteiger partial charge in [0.15, 0.2) is 11.5 Å². The number of halogens is 1. The molecule has 0 radical (unpaired) electrons. The Hall–Kier alpha value is -4.11. The molecular weight excluding hydrogens is 397 g/mol. The first-order valence-electron chi connectivity index (χ1n) is 9.59. The first-order valence-corrected chi connectivity index (χ1v) is 9.59. The number of carbonyl (C=O) groups is 1. The molecule has 0 bridgehead atoms. The molecule has 1 N–H and O–H groups in total. The minimum absolute atomic E-state index is 0.155. The number of carboxylic acids is 1. The molecule has 156 valence electrons. The Morgan fingerprint density at radius 2 is 1.68 bits per heavy atom. The van der Waals surface area contributed by atoms with Crippen molar-refractivity contribution in [3.05, 3.63) is 94.8 Å². The Balaban J connectivity index is 1.83. The molecule has 0 saturated carbocycles. The van der Waals surface area contributed by atoms with E-state index in [2.05, 4.69) is 6.07 Å². The topological polar surface area (TPSA) is 79.5 Å². The summed E-state index contributed by atoms with van der Waals surface area (Å²) in [6.45, 7) is 2.55. The summed E-state index contributed by atoms with van der Waals surface area (Å²) in [4.78, 5) is 11.0. The van der Waals surface area contributed by atoms with Crippen molar-refractivity contribution in [3.63, 3.8) is 0 Å². The first kappa shape index (κ1) is 21.6. The second-order valence-electron chi connectivity index (χ2n) is 6.61. The van der Waals surface area contributed by atoms with Crippen LogP contribution in [0.3, 0.4) is 0 Å². The maximum atomic E-state index is 13.1. The minimum Gasteiger partial charge on any atom is -0.490 e. The average Bonchev–Trinajstić information content (AvgIpc) is 2.78. The molecule has 0 fully saturated rings. The summed E-state index contributed by atoms with van der Waals surface area (Å²) in [5.41, 5.74) is 2.71. The molecule has 0 amide bonds. The fourth-order valence-electron chi connectivity index (χ4n) is 2.88. The van der Waals surface area contributed by atoms with Gasteiger partial charge in [0.25, 0.3) is 0 Å². The SMILES string of the molecule is CCOc1cc(/C=C(/C#N)c2ccc(C(=O)O)cc2)ccc1OCc1ccc(F)cc1. The van der Waals surface area contributed by atoms with E-state index in [9.17, 15) is 14.4 Å². The Kier molecular flexibility index (Phi) is 7.02. The van der Waals surface area contributed by atoms with E-state index < -0.39 is 5.97 Å². The third-order valence-corrected chi connectivity index (χ3v) is 4.45. The fourth-order valence-corrected chi connectivity index (χ4v) is 2.88. The molecule has 0 aliphatic carbocycles. The summed E-state index contributed by atoms with van der Waals surface area (Å²) in [5.74, 6) is -0.267. The van der Waals surface area contributed by atoms with Crippen LogP contribution in [0, 0.1) is 17.1 Å². The van der Waals surface area contributed by atoms with Crippen LogP contribution >= 0.6 is 0 Å². The molecule has 0 aromatic heterocycles. The van der Waals surface area contributed by atoms with Gasteiger partial charge in [0.05, 0.1) is 23.8 Å². The predicted molar refractivity (Wildman–Crippen MR) is 115 cm³/mol. The molecule has 3 rings (SSSR count). The van der Waals surface area contributed by atoms with Crippen molar-refractivity contribution in [2.75, 3.05) is 6.61 Å². The molecule has 0 heterocycles. The van der Waals surface area contributed by atoms with Crippen LogP contribution in [0.2, 0.25) is 0 Å². The zero-order chi connectivity index (χ0) is 22.2. The minimum atomic E-state index is -1.02. The highest BCUT2D eigenvalue weighted by Gasteiger charge is 2.09. The number of benzene rings is 3. The van der Waals surface area contributed by atoms with Gasteiger partial charge in [0.1, 0.15) is 12.4 Å². The molecule has 0 spiro atoms. The van der Waals surface area contributed by atoms with Crippen LogP contribution in [-0.4, -0.2) is 17.7 Å². The number of carboxylic acid groups (broad SMARTS) is 1. The molecule has 5 nitrogen and oxygen atoms in total. The van der Waals surface area contributed by atoms with Crippen molar-refractivity contribution in [1.82, 2.24) is 0 Å². The highest BCUT2D eigenvalue weighted by Crippen LogP contribution is 2.31. The van der Waals surface area contributed by atoms with E-state index in [0.717, 1.165) is 11.1 Å². The van der Waals surface area contributed by atoms with Gasteiger partial charge in [-0.1, -0.05) is 30.3 Å². The Morgan fingerprint density at radius 3 is 2.29 bits per heavy atom. The van der Waals surface area contributed by atoms with Crippen LogP contribution in [0.1, 0.15) is 34.0 Å². The van der Waals surface area contributed by atoms with Crippen molar-refractivity contribution < 1.29 is 23.8 Å². The second-order valence-corrected chi connectivity index (χ2v) is 6.61. The summed E-state index contributed by atoms with van der Waals surface area (Å²) in [5, 5.41) is 18.6. The maximum absolute atomic E-state index is 13.1. The molecule has 0 atom stereocenters. The van der Waals surface area contributed by atoms with Crippen LogP contribution in [-0.2, 0) is 6.61 Å². The lowest BCUT2D eigenvalue weighted by Gasteiger charge is -2.13. The molecule has 0 aliphatic rings. The molecular formula is C25H20FNO4. The lowest BCUT2D eigenvalue weighted by atomic mass is 10.0. The highest BCUT2D eigenvalue weighted by atomic mass is 19.1. The maximum Gasteiger partial charge on any atom is 0.335 e. The van der Waals surface area contributed by atoms with E-state index in [1.165, 1.54) is 24.3 Å². The number of hydrogen-bond donors (Lipinski definition) is 1. The normalized spacial score (nSPS) is 10.9. The van der Waals surface area contributed by atoms with Crippen LogP contribution in [0.4, 0.5) is 4.39 Å². The molecule has 0 saturated heterocycles. The number of rotatable bonds is 8. The summed E-state index contributed by atoms with van der Waals surface area (Å²) in [7, 11) is 0. The van der Waals surface area contributed by atoms with E-state index in [0.29, 0.717) is 29.2 Å². The van der Waals surface area contributed by atoms with Crippen molar-refractivity contribution in [3.8, 4) is 17.6 Å². The highest BCUT2D eigenvalue weighted by molar-refractivity contribution is 5.92. The van der Waals surface area contributed by atoms with Crippen molar-refractivity contribution in [2.45, 2.75) is 13.5 Å². The molecule has 6 heteroatoms. The van der Waals surface area contributed by atoms with Crippen molar-refractivity contribution in [1.29, 1.82) is 5.26 Å². The van der Waals surface area contributed by atoms with E-state index in [4.69, 9.17) is 14.6 Å². The monoisotopic (exact) mass is 417 g/mol. The second kappa shape index (κ2) is 10.1. The van der Waals surface area contributed by atoms with Gasteiger partial charge in [0, 0.05) is 0 Å². The van der Waals surface area contributed by atoms with Gasteiger partial charge in [-0.2, -0.15) is 5.26 Å². The van der Waals surface area contributed by atoms with Gasteiger partial charge < -0.3 is 14.6 Å². The van der Waals surface area contributed by atoms with Crippen molar-refractivity contribution >= 4 is 17.6 Å². The van der Waals surface area contributed by atoms with Gasteiger partial charge in [-0.15, -0.1) is 0 Å². The third-order valence-electron chi connectivity index (χ3n) is 4.45. The van der Waals surface area contributed by atoms with E-state index in [1.807, 2.05) is 6.92 Å². The molecule has 3 aromatic rings. The predicted octanol–water partition coefficient (Wildman–Crippen LogP) is 5.57. The standard InChI is InChI=1S/C25H20FNO4/c1-2-30-24-14-18(5-12-23(24)31-16-17-3-10-22(26)11-4-17)13-21(15-27)19-6-8-20(9-7-19)25(28)29/h3-14H,2,16H2,1H3,(H,28,29)/b21-13-. The van der Waals surface area contributed by atoms with Gasteiger partial charge >= 0.3 is 5.97 Å². The zero-order valence-corrected chi connectivity index (χ0v) is 16.8. The number of aromatic carboxylic acids is 1. The average molecular weight is 417 g/mol. The van der Waals surface area contributed by atoms with E-state index >= 15 is 0 Å². The third kappa shape index (κ3) is 5.71. The quantitative estimate of drug-likeness (QED) is 0.383. The van der Waals surface area contributed by atoms with E-state index in [1.54, 1.807) is 48.5 Å². The number of nitriles is 1. The van der Waals surface area contributed by atoms with Crippen LogP contribution in [0.25, 0.3) is 11.6 Å². The molecule has 3 aromatic carbocycles. The Morgan fingerprint density at radius 1 is 1.00 bits per heavy atom. The summed E-state index contributed by atoms with van der Waals surface area (Å²) >= 11 is 0. The molecule has 31 heavy (non-hydrogen) atoms. The lowest BCUT2D eigenvalue weighted by molar-refractivity contribution is 0.0697. The Bertz CT molecular complexity index is 1130. The van der Waals surface area contributed by atoms with Crippen molar-refractivity contribution in [2.24, 2.45) is 0 Å². The first-order chi connectivity index (χ1) is 15.0. The lowest BCUT2D eigenvalue weighted by Crippen LogP contribution is -2.00. The van der Waals surface area contributed by atoms with Crippen LogP contribution < -0.4 is 9.47 Å². The smallest absolute Gasteiger partial charge is 0.335 e. The number of ether oxygens (including phenoxy) is 2. The number of nitrogens with zero attached hydrogens (tertiary/aromatic N) is 1. The molecule has 0 unspecified atom stereocenters. The van der Waals surface area contributed by atoms with Gasteiger partial charge in [-0.25, -0.2) is 9.18 Å². The summed E-state index contributed by atoms with van der Waals surface area (Å²) in [6.07, 6.45) is 1.70. The van der Waals surface area contributed by atoms with Gasteiger partial charge in [-0.3, -0.25) is 0 Å². The summed E-state index contributed by atoms with van der Waals surface area (Å²) in [6, 6.07) is 19.6.